The Balaban J connectivity index is 1.84. The zero-order valence-electron chi connectivity index (χ0n) is 11.5. The fourth-order valence-corrected chi connectivity index (χ4v) is 3.68. The largest absolute Gasteiger partial charge is 0.371 e. The Morgan fingerprint density at radius 2 is 1.85 bits per heavy atom. The Morgan fingerprint density at radius 3 is 2.35 bits per heavy atom. The summed E-state index contributed by atoms with van der Waals surface area (Å²) >= 11 is 0. The summed E-state index contributed by atoms with van der Waals surface area (Å²) in [5.41, 5.74) is -1.09. The maximum atomic E-state index is 11.8. The summed E-state index contributed by atoms with van der Waals surface area (Å²) in [5.74, 6) is -0.942. The van der Waals surface area contributed by atoms with E-state index in [1.165, 1.54) is 0 Å². The van der Waals surface area contributed by atoms with Gasteiger partial charge in [0.2, 0.25) is 5.60 Å². The van der Waals surface area contributed by atoms with Crippen LogP contribution < -0.4 is 10.6 Å². The third kappa shape index (κ3) is 1.64. The minimum Gasteiger partial charge on any atom is -0.371 e. The van der Waals surface area contributed by atoms with Gasteiger partial charge < -0.3 is 5.11 Å². The van der Waals surface area contributed by atoms with Crippen LogP contribution in [0.15, 0.2) is 11.6 Å². The quantitative estimate of drug-likeness (QED) is 0.505. The van der Waals surface area contributed by atoms with E-state index in [1.807, 2.05) is 16.7 Å². The van der Waals surface area contributed by atoms with Gasteiger partial charge in [0.05, 0.1) is 0 Å². The number of urea groups is 1. The van der Waals surface area contributed by atoms with Gasteiger partial charge in [-0.15, -0.1) is 0 Å². The van der Waals surface area contributed by atoms with Crippen LogP contribution in [0.5, 0.6) is 0 Å². The molecule has 0 aromatic carbocycles. The van der Waals surface area contributed by atoms with Crippen molar-refractivity contribution in [1.82, 2.24) is 10.6 Å². The number of barbiturate groups is 1. The first kappa shape index (κ1) is 13.3. The second kappa shape index (κ2) is 3.91. The van der Waals surface area contributed by atoms with E-state index in [-0.39, 0.29) is 11.8 Å². The summed E-state index contributed by atoms with van der Waals surface area (Å²) in [6.07, 6.45) is 3.94. The molecule has 6 heteroatoms. The van der Waals surface area contributed by atoms with E-state index < -0.39 is 23.4 Å². The number of amides is 4. The Kier molecular flexibility index (Phi) is 2.60. The number of fused-ring (bicyclic) bond motifs is 1. The first-order chi connectivity index (χ1) is 9.25. The first-order valence-electron chi connectivity index (χ1n) is 6.83. The number of nitrogens with one attached hydrogen (secondary N) is 2. The van der Waals surface area contributed by atoms with Crippen LogP contribution in [-0.2, 0) is 9.59 Å². The number of aliphatic hydroxyl groups is 1. The van der Waals surface area contributed by atoms with Gasteiger partial charge in [0, 0.05) is 6.42 Å². The highest BCUT2D eigenvalue weighted by Crippen LogP contribution is 2.60. The monoisotopic (exact) mass is 278 g/mol. The lowest BCUT2D eigenvalue weighted by Crippen LogP contribution is -2.67. The van der Waals surface area contributed by atoms with Gasteiger partial charge in [-0.05, 0) is 30.1 Å². The van der Waals surface area contributed by atoms with Crippen LogP contribution in [0, 0.1) is 17.3 Å². The highest BCUT2D eigenvalue weighted by Gasteiger charge is 2.55. The smallest absolute Gasteiger partial charge is 0.328 e. The third-order valence-corrected chi connectivity index (χ3v) is 5.25. The summed E-state index contributed by atoms with van der Waals surface area (Å²) in [6, 6.07) is -0.883. The van der Waals surface area contributed by atoms with E-state index in [9.17, 15) is 19.5 Å². The fraction of sp³-hybridized carbons (Fsp3) is 0.643. The van der Waals surface area contributed by atoms with Crippen molar-refractivity contribution in [3.63, 3.8) is 0 Å². The summed E-state index contributed by atoms with van der Waals surface area (Å²) in [6.45, 7) is 4.35. The molecule has 0 unspecified atom stereocenters. The van der Waals surface area contributed by atoms with Crippen LogP contribution in [-0.4, -0.2) is 28.6 Å². The van der Waals surface area contributed by atoms with E-state index in [4.69, 9.17) is 0 Å². The average molecular weight is 278 g/mol. The fourth-order valence-electron chi connectivity index (χ4n) is 3.68. The molecule has 0 spiro atoms. The lowest BCUT2D eigenvalue weighted by molar-refractivity contribution is -0.155. The molecule has 6 nitrogen and oxygen atoms in total. The van der Waals surface area contributed by atoms with Crippen LogP contribution in [0.25, 0.3) is 0 Å². The standard InChI is InChI=1S/C14H18N2O4/c1-13(2)8-4-3-7(9(13)5-8)6-14(20)10(17)15-12(19)16-11(14)18/h3,8-9,20H,4-6H2,1-2H3,(H2,15,16,17,18,19)/t8-,9-/m0/s1. The van der Waals surface area contributed by atoms with Crippen molar-refractivity contribution in [1.29, 1.82) is 0 Å². The summed E-state index contributed by atoms with van der Waals surface area (Å²) in [5, 5.41) is 14.3. The molecule has 4 aliphatic rings. The van der Waals surface area contributed by atoms with Gasteiger partial charge in [-0.1, -0.05) is 25.5 Å². The molecule has 3 aliphatic carbocycles. The molecule has 2 bridgehead atoms. The Labute approximate surface area is 116 Å². The second-order valence-electron chi connectivity index (χ2n) is 6.60. The van der Waals surface area contributed by atoms with Crippen LogP contribution in [0.4, 0.5) is 4.79 Å². The summed E-state index contributed by atoms with van der Waals surface area (Å²) in [4.78, 5) is 34.7. The van der Waals surface area contributed by atoms with Crippen LogP contribution >= 0.6 is 0 Å². The Hall–Kier alpha value is -1.69. The first-order valence-corrected chi connectivity index (χ1v) is 6.83. The molecule has 0 aromatic rings. The average Bonchev–Trinajstić information content (AvgIpc) is 2.36. The van der Waals surface area contributed by atoms with Crippen molar-refractivity contribution in [3.05, 3.63) is 11.6 Å². The second-order valence-corrected chi connectivity index (χ2v) is 6.60. The Morgan fingerprint density at radius 1 is 1.25 bits per heavy atom. The van der Waals surface area contributed by atoms with Crippen LogP contribution in [0.3, 0.4) is 0 Å². The van der Waals surface area contributed by atoms with E-state index >= 15 is 0 Å². The zero-order chi connectivity index (χ0) is 14.7. The molecule has 108 valence electrons. The van der Waals surface area contributed by atoms with Gasteiger partial charge in [-0.2, -0.15) is 0 Å². The highest BCUT2D eigenvalue weighted by molar-refractivity contribution is 6.21. The molecule has 1 saturated carbocycles. The molecule has 20 heavy (non-hydrogen) atoms. The van der Waals surface area contributed by atoms with Crippen molar-refractivity contribution < 1.29 is 19.5 Å². The minimum atomic E-state index is -2.18. The number of hydrogen-bond donors (Lipinski definition) is 3. The Bertz CT molecular complexity index is 529. The molecule has 4 rings (SSSR count). The SMILES string of the molecule is CC1(C)[C@H]2CC=C(CC3(O)C(=O)NC(=O)NC3=O)[C@@H]1C2. The molecule has 0 aromatic heterocycles. The lowest BCUT2D eigenvalue weighted by atomic mass is 9.48. The van der Waals surface area contributed by atoms with Crippen LogP contribution in [0.1, 0.15) is 33.1 Å². The van der Waals surface area contributed by atoms with E-state index in [0.29, 0.717) is 11.8 Å². The van der Waals surface area contributed by atoms with Crippen molar-refractivity contribution in [2.45, 2.75) is 38.7 Å². The van der Waals surface area contributed by atoms with Gasteiger partial charge >= 0.3 is 6.03 Å². The molecule has 2 fully saturated rings. The van der Waals surface area contributed by atoms with Gasteiger partial charge in [-0.25, -0.2) is 4.79 Å². The van der Waals surface area contributed by atoms with E-state index in [0.717, 1.165) is 18.4 Å². The van der Waals surface area contributed by atoms with Crippen molar-refractivity contribution >= 4 is 17.8 Å². The lowest BCUT2D eigenvalue weighted by Gasteiger charge is -2.57. The molecule has 4 amide bonds. The topological polar surface area (TPSA) is 95.5 Å². The normalized spacial score (nSPS) is 33.8. The summed E-state index contributed by atoms with van der Waals surface area (Å²) < 4.78 is 0. The molecule has 3 N–H and O–H groups in total. The predicted octanol–water partition coefficient (Wildman–Crippen LogP) is 0.466. The van der Waals surface area contributed by atoms with Gasteiger partial charge in [-0.3, -0.25) is 20.2 Å². The van der Waals surface area contributed by atoms with Crippen molar-refractivity contribution in [3.8, 4) is 0 Å². The molecule has 0 radical (unpaired) electrons. The van der Waals surface area contributed by atoms with Crippen molar-refractivity contribution in [2.75, 3.05) is 0 Å². The summed E-state index contributed by atoms with van der Waals surface area (Å²) in [7, 11) is 0. The zero-order valence-corrected chi connectivity index (χ0v) is 11.5. The number of hydrogen-bond acceptors (Lipinski definition) is 4. The number of allylic oxidation sites excluding steroid dienone is 1. The maximum absolute atomic E-state index is 11.8. The molecule has 1 heterocycles. The van der Waals surface area contributed by atoms with Gasteiger partial charge in [0.1, 0.15) is 0 Å². The van der Waals surface area contributed by atoms with Gasteiger partial charge in [0.15, 0.2) is 0 Å². The van der Waals surface area contributed by atoms with Gasteiger partial charge in [0.25, 0.3) is 11.8 Å². The molecular formula is C14H18N2O4. The number of carbonyl (C=O) groups excluding carboxylic acids is 3. The maximum Gasteiger partial charge on any atom is 0.328 e. The number of rotatable bonds is 2. The molecule has 1 saturated heterocycles. The van der Waals surface area contributed by atoms with E-state index in [2.05, 4.69) is 13.8 Å². The third-order valence-electron chi connectivity index (χ3n) is 5.25. The minimum absolute atomic E-state index is 0.0429. The number of carbonyl (C=O) groups is 3. The molecule has 2 atom stereocenters. The van der Waals surface area contributed by atoms with Crippen molar-refractivity contribution in [2.24, 2.45) is 17.3 Å². The highest BCUT2D eigenvalue weighted by atomic mass is 16.3. The molecular weight excluding hydrogens is 260 g/mol. The number of imide groups is 2. The molecule has 1 aliphatic heterocycles. The van der Waals surface area contributed by atoms with Crippen LogP contribution in [0.2, 0.25) is 0 Å². The van der Waals surface area contributed by atoms with E-state index in [1.54, 1.807) is 0 Å². The predicted molar refractivity (Wildman–Crippen MR) is 69.3 cm³/mol.